The monoisotopic (exact) mass is 262 g/mol. The second kappa shape index (κ2) is 3.49. The molecule has 0 bridgehead atoms. The van der Waals surface area contributed by atoms with Crippen molar-refractivity contribution in [2.75, 3.05) is 0 Å². The first-order valence-corrected chi connectivity index (χ1v) is 5.94. The highest BCUT2D eigenvalue weighted by molar-refractivity contribution is 9.10. The Morgan fingerprint density at radius 2 is 1.93 bits per heavy atom. The van der Waals surface area contributed by atoms with Crippen LogP contribution in [0.5, 0.6) is 0 Å². The predicted octanol–water partition coefficient (Wildman–Crippen LogP) is 3.65. The highest BCUT2D eigenvalue weighted by atomic mass is 79.9. The van der Waals surface area contributed by atoms with Crippen LogP contribution in [0, 0.1) is 0 Å². The minimum atomic E-state index is 0.650. The van der Waals surface area contributed by atoms with Crippen molar-refractivity contribution in [2.24, 2.45) is 0 Å². The first kappa shape index (κ1) is 9.16. The smallest absolute Gasteiger partial charge is 0.177 e. The molecule has 1 fully saturated rings. The summed E-state index contributed by atoms with van der Waals surface area (Å²) in [7, 11) is 0. The number of halogens is 1. The second-order valence-electron chi connectivity index (χ2n) is 3.88. The van der Waals surface area contributed by atoms with Crippen LogP contribution in [-0.4, -0.2) is 9.55 Å². The fraction of sp³-hybridized carbons (Fsp3) is 0.250. The first-order chi connectivity index (χ1) is 7.36. The van der Waals surface area contributed by atoms with Gasteiger partial charge < -0.3 is 4.57 Å². The zero-order valence-electron chi connectivity index (χ0n) is 8.23. The Kier molecular flexibility index (Phi) is 2.13. The van der Waals surface area contributed by atoms with Crippen molar-refractivity contribution in [3.8, 4) is 11.3 Å². The van der Waals surface area contributed by atoms with Gasteiger partial charge in [-0.15, -0.1) is 0 Å². The molecule has 0 aliphatic heterocycles. The number of rotatable bonds is 2. The number of hydrogen-bond acceptors (Lipinski definition) is 1. The van der Waals surface area contributed by atoms with Crippen LogP contribution in [0.3, 0.4) is 0 Å². The number of benzene rings is 1. The van der Waals surface area contributed by atoms with Crippen molar-refractivity contribution in [1.29, 1.82) is 0 Å². The van der Waals surface area contributed by atoms with E-state index in [1.807, 2.05) is 12.3 Å². The van der Waals surface area contributed by atoms with E-state index in [-0.39, 0.29) is 0 Å². The Labute approximate surface area is 97.1 Å². The molecule has 76 valence electrons. The van der Waals surface area contributed by atoms with E-state index in [9.17, 15) is 0 Å². The predicted molar refractivity (Wildman–Crippen MR) is 63.6 cm³/mol. The van der Waals surface area contributed by atoms with E-state index in [1.165, 1.54) is 24.1 Å². The standard InChI is InChI=1S/C12H11BrN2/c13-12-14-8-11(15(12)10-6-7-10)9-4-2-1-3-5-9/h1-5,8,10H,6-7H2. The van der Waals surface area contributed by atoms with Gasteiger partial charge in [0.05, 0.1) is 11.9 Å². The molecule has 0 unspecified atom stereocenters. The summed E-state index contributed by atoms with van der Waals surface area (Å²) >= 11 is 3.51. The molecule has 2 aromatic rings. The van der Waals surface area contributed by atoms with E-state index in [4.69, 9.17) is 0 Å². The quantitative estimate of drug-likeness (QED) is 0.808. The van der Waals surface area contributed by atoms with Gasteiger partial charge in [0, 0.05) is 6.04 Å². The van der Waals surface area contributed by atoms with Crippen molar-refractivity contribution in [3.05, 3.63) is 41.3 Å². The van der Waals surface area contributed by atoms with Crippen LogP contribution in [0.25, 0.3) is 11.3 Å². The van der Waals surface area contributed by atoms with Crippen LogP contribution in [-0.2, 0) is 0 Å². The fourth-order valence-electron chi connectivity index (χ4n) is 1.84. The van der Waals surface area contributed by atoms with E-state index in [0.717, 1.165) is 4.73 Å². The largest absolute Gasteiger partial charge is 0.315 e. The van der Waals surface area contributed by atoms with Crippen LogP contribution >= 0.6 is 15.9 Å². The Morgan fingerprint density at radius 3 is 2.60 bits per heavy atom. The molecule has 3 rings (SSSR count). The molecule has 0 atom stereocenters. The van der Waals surface area contributed by atoms with Gasteiger partial charge in [-0.1, -0.05) is 30.3 Å². The lowest BCUT2D eigenvalue weighted by molar-refractivity contribution is 0.728. The van der Waals surface area contributed by atoms with Gasteiger partial charge in [-0.2, -0.15) is 0 Å². The van der Waals surface area contributed by atoms with E-state index in [1.54, 1.807) is 0 Å². The van der Waals surface area contributed by atoms with Gasteiger partial charge >= 0.3 is 0 Å². The molecule has 1 aromatic carbocycles. The Morgan fingerprint density at radius 1 is 1.20 bits per heavy atom. The van der Waals surface area contributed by atoms with Crippen LogP contribution in [0.4, 0.5) is 0 Å². The van der Waals surface area contributed by atoms with Gasteiger partial charge in [0.2, 0.25) is 0 Å². The third kappa shape index (κ3) is 1.61. The molecular formula is C12H11BrN2. The first-order valence-electron chi connectivity index (χ1n) is 5.14. The minimum Gasteiger partial charge on any atom is -0.315 e. The van der Waals surface area contributed by atoms with Crippen molar-refractivity contribution in [3.63, 3.8) is 0 Å². The van der Waals surface area contributed by atoms with Crippen molar-refractivity contribution >= 4 is 15.9 Å². The summed E-state index contributed by atoms with van der Waals surface area (Å²) in [6.07, 6.45) is 4.49. The molecule has 0 radical (unpaired) electrons. The van der Waals surface area contributed by atoms with Gasteiger partial charge in [-0.3, -0.25) is 0 Å². The average Bonchev–Trinajstić information content (AvgIpc) is 3.03. The summed E-state index contributed by atoms with van der Waals surface area (Å²) < 4.78 is 3.24. The summed E-state index contributed by atoms with van der Waals surface area (Å²) in [4.78, 5) is 4.33. The molecule has 2 nitrogen and oxygen atoms in total. The maximum absolute atomic E-state index is 4.33. The van der Waals surface area contributed by atoms with Crippen LogP contribution in [0.1, 0.15) is 18.9 Å². The number of imidazole rings is 1. The molecule has 0 amide bonds. The maximum Gasteiger partial charge on any atom is 0.177 e. The molecule has 1 saturated carbocycles. The normalized spacial score (nSPS) is 15.5. The van der Waals surface area contributed by atoms with Crippen molar-refractivity contribution in [1.82, 2.24) is 9.55 Å². The average molecular weight is 263 g/mol. The Bertz CT molecular complexity index is 472. The Hall–Kier alpha value is -1.09. The van der Waals surface area contributed by atoms with Gasteiger partial charge in [-0.05, 0) is 34.3 Å². The van der Waals surface area contributed by atoms with Crippen LogP contribution < -0.4 is 0 Å². The van der Waals surface area contributed by atoms with E-state index in [0.29, 0.717) is 6.04 Å². The lowest BCUT2D eigenvalue weighted by atomic mass is 10.2. The van der Waals surface area contributed by atoms with Crippen LogP contribution in [0.15, 0.2) is 41.3 Å². The van der Waals surface area contributed by atoms with Gasteiger partial charge in [0.15, 0.2) is 4.73 Å². The third-order valence-corrected chi connectivity index (χ3v) is 3.32. The molecule has 1 aliphatic carbocycles. The molecular weight excluding hydrogens is 252 g/mol. The van der Waals surface area contributed by atoms with E-state index >= 15 is 0 Å². The highest BCUT2D eigenvalue weighted by Crippen LogP contribution is 2.40. The van der Waals surface area contributed by atoms with Crippen molar-refractivity contribution < 1.29 is 0 Å². The summed E-state index contributed by atoms with van der Waals surface area (Å²) in [6, 6.07) is 11.1. The van der Waals surface area contributed by atoms with E-state index in [2.05, 4.69) is 49.7 Å². The molecule has 0 spiro atoms. The fourth-order valence-corrected chi connectivity index (χ4v) is 2.42. The van der Waals surface area contributed by atoms with Gasteiger partial charge in [0.1, 0.15) is 0 Å². The lowest BCUT2D eigenvalue weighted by Gasteiger charge is -2.07. The van der Waals surface area contributed by atoms with Crippen LogP contribution in [0.2, 0.25) is 0 Å². The SMILES string of the molecule is Brc1ncc(-c2ccccc2)n1C1CC1. The summed E-state index contributed by atoms with van der Waals surface area (Å²) in [5, 5.41) is 0. The Balaban J connectivity index is 2.12. The second-order valence-corrected chi connectivity index (χ2v) is 4.59. The molecule has 1 aliphatic rings. The number of nitrogens with zero attached hydrogens (tertiary/aromatic N) is 2. The summed E-state index contributed by atoms with van der Waals surface area (Å²) in [5.74, 6) is 0. The zero-order valence-corrected chi connectivity index (χ0v) is 9.81. The van der Waals surface area contributed by atoms with Gasteiger partial charge in [-0.25, -0.2) is 4.98 Å². The minimum absolute atomic E-state index is 0.650. The molecule has 3 heteroatoms. The third-order valence-electron chi connectivity index (χ3n) is 2.73. The topological polar surface area (TPSA) is 17.8 Å². The maximum atomic E-state index is 4.33. The summed E-state index contributed by atoms with van der Waals surface area (Å²) in [6.45, 7) is 0. The molecule has 15 heavy (non-hydrogen) atoms. The lowest BCUT2D eigenvalue weighted by Crippen LogP contribution is -1.96. The number of aromatic nitrogens is 2. The highest BCUT2D eigenvalue weighted by Gasteiger charge is 2.27. The zero-order chi connectivity index (χ0) is 10.3. The molecule has 1 heterocycles. The molecule has 1 aromatic heterocycles. The number of hydrogen-bond donors (Lipinski definition) is 0. The summed E-state index contributed by atoms with van der Waals surface area (Å²) in [5.41, 5.74) is 2.45. The van der Waals surface area contributed by atoms with E-state index < -0.39 is 0 Å². The molecule has 0 saturated heterocycles. The van der Waals surface area contributed by atoms with Crippen molar-refractivity contribution in [2.45, 2.75) is 18.9 Å². The van der Waals surface area contributed by atoms with Gasteiger partial charge in [0.25, 0.3) is 0 Å². The molecule has 0 N–H and O–H groups in total.